The van der Waals surface area contributed by atoms with Crippen LogP contribution in [0.2, 0.25) is 0 Å². The van der Waals surface area contributed by atoms with Crippen LogP contribution in [0.5, 0.6) is 0 Å². The van der Waals surface area contributed by atoms with Gasteiger partial charge in [-0.2, -0.15) is 0 Å². The van der Waals surface area contributed by atoms with Crippen molar-refractivity contribution in [2.75, 3.05) is 33.2 Å². The van der Waals surface area contributed by atoms with Gasteiger partial charge in [-0.3, -0.25) is 9.59 Å². The fourth-order valence-corrected chi connectivity index (χ4v) is 3.55. The molecule has 2 amide bonds. The summed E-state index contributed by atoms with van der Waals surface area (Å²) in [6, 6.07) is 7.67. The molecule has 3 N–H and O–H groups in total. The van der Waals surface area contributed by atoms with Crippen LogP contribution in [0, 0.1) is 5.92 Å². The Bertz CT molecular complexity index is 694. The lowest BCUT2D eigenvalue weighted by molar-refractivity contribution is -0.121. The largest absolute Gasteiger partial charge is 0.359 e. The molecule has 2 rings (SSSR count). The third kappa shape index (κ3) is 7.69. The average Bonchev–Trinajstić information content (AvgIpc) is 2.77. The number of carbonyl (C=O) groups excluding carboxylic acids is 2. The summed E-state index contributed by atoms with van der Waals surface area (Å²) in [5, 5.41) is 9.04. The first-order valence-electron chi connectivity index (χ1n) is 11.2. The lowest BCUT2D eigenvalue weighted by Crippen LogP contribution is -2.46. The van der Waals surface area contributed by atoms with E-state index in [9.17, 15) is 9.59 Å². The number of nitrogens with zero attached hydrogens (tertiary/aromatic N) is 2. The zero-order valence-electron chi connectivity index (χ0n) is 18.7. The maximum atomic E-state index is 12.1. The first-order chi connectivity index (χ1) is 14.6. The number of hydrogen-bond donors (Lipinski definition) is 3. The van der Waals surface area contributed by atoms with Crippen LogP contribution in [-0.2, 0) is 11.3 Å². The van der Waals surface area contributed by atoms with Gasteiger partial charge in [-0.1, -0.05) is 25.5 Å². The molecule has 0 saturated carbocycles. The van der Waals surface area contributed by atoms with E-state index in [-0.39, 0.29) is 11.8 Å². The number of likely N-dealkylation sites (tertiary alicyclic amines) is 1. The van der Waals surface area contributed by atoms with Crippen LogP contribution < -0.4 is 16.0 Å². The Morgan fingerprint density at radius 3 is 2.40 bits per heavy atom. The van der Waals surface area contributed by atoms with E-state index >= 15 is 0 Å². The predicted molar refractivity (Wildman–Crippen MR) is 121 cm³/mol. The number of guanidine groups is 1. The molecule has 1 aromatic rings. The van der Waals surface area contributed by atoms with Gasteiger partial charge in [0.25, 0.3) is 5.91 Å². The van der Waals surface area contributed by atoms with E-state index in [1.54, 1.807) is 7.05 Å². The molecule has 1 aromatic carbocycles. The van der Waals surface area contributed by atoms with Gasteiger partial charge in [-0.15, -0.1) is 0 Å². The lowest BCUT2D eigenvalue weighted by atomic mass is 9.93. The maximum absolute atomic E-state index is 12.1. The average molecular weight is 416 g/mol. The van der Waals surface area contributed by atoms with Gasteiger partial charge in [0.1, 0.15) is 0 Å². The van der Waals surface area contributed by atoms with Crippen LogP contribution in [0.1, 0.15) is 61.9 Å². The zero-order chi connectivity index (χ0) is 21.8. The summed E-state index contributed by atoms with van der Waals surface area (Å²) in [6.45, 7) is 8.09. The van der Waals surface area contributed by atoms with Gasteiger partial charge < -0.3 is 20.9 Å². The second kappa shape index (κ2) is 12.9. The van der Waals surface area contributed by atoms with E-state index in [1.807, 2.05) is 24.3 Å². The molecule has 1 saturated heterocycles. The van der Waals surface area contributed by atoms with Gasteiger partial charge in [0.15, 0.2) is 5.96 Å². The second-order valence-corrected chi connectivity index (χ2v) is 7.78. The second-order valence-electron chi connectivity index (χ2n) is 7.78. The SMILES string of the molecule is CCCCNC(=O)c1ccc(CN=C(NCC)N2CCC(CC(=O)NC)CC2)cc1. The van der Waals surface area contributed by atoms with Crippen molar-refractivity contribution in [1.29, 1.82) is 0 Å². The van der Waals surface area contributed by atoms with E-state index in [1.165, 1.54) is 0 Å². The van der Waals surface area contributed by atoms with Gasteiger partial charge in [0, 0.05) is 45.2 Å². The number of hydrogen-bond acceptors (Lipinski definition) is 3. The summed E-state index contributed by atoms with van der Waals surface area (Å²) in [7, 11) is 1.69. The van der Waals surface area contributed by atoms with Crippen molar-refractivity contribution in [2.45, 2.75) is 52.5 Å². The summed E-state index contributed by atoms with van der Waals surface area (Å²) in [6.07, 6.45) is 4.67. The summed E-state index contributed by atoms with van der Waals surface area (Å²) in [5.41, 5.74) is 1.76. The van der Waals surface area contributed by atoms with Crippen LogP contribution in [0.4, 0.5) is 0 Å². The number of aliphatic imine (C=N–C) groups is 1. The zero-order valence-corrected chi connectivity index (χ0v) is 18.7. The van der Waals surface area contributed by atoms with Crippen LogP contribution in [0.3, 0.4) is 0 Å². The molecule has 7 heteroatoms. The number of carbonyl (C=O) groups is 2. The Hall–Kier alpha value is -2.57. The fraction of sp³-hybridized carbons (Fsp3) is 0.609. The van der Waals surface area contributed by atoms with Gasteiger partial charge >= 0.3 is 0 Å². The monoisotopic (exact) mass is 415 g/mol. The Labute approximate surface area is 180 Å². The molecule has 166 valence electrons. The van der Waals surface area contributed by atoms with E-state index in [2.05, 4.69) is 34.7 Å². The van der Waals surface area contributed by atoms with Crippen molar-refractivity contribution in [3.63, 3.8) is 0 Å². The third-order valence-corrected chi connectivity index (χ3v) is 5.45. The van der Waals surface area contributed by atoms with E-state index in [4.69, 9.17) is 4.99 Å². The molecule has 1 aliphatic rings. The van der Waals surface area contributed by atoms with Crippen molar-refractivity contribution in [2.24, 2.45) is 10.9 Å². The molecule has 0 unspecified atom stereocenters. The van der Waals surface area contributed by atoms with Gasteiger partial charge in [-0.25, -0.2) is 4.99 Å². The molecular formula is C23H37N5O2. The van der Waals surface area contributed by atoms with Crippen molar-refractivity contribution in [3.05, 3.63) is 35.4 Å². The first-order valence-corrected chi connectivity index (χ1v) is 11.2. The molecule has 0 radical (unpaired) electrons. The van der Waals surface area contributed by atoms with Crippen LogP contribution >= 0.6 is 0 Å². The van der Waals surface area contributed by atoms with Gasteiger partial charge in [0.05, 0.1) is 6.54 Å². The quantitative estimate of drug-likeness (QED) is 0.329. The number of nitrogens with one attached hydrogen (secondary N) is 3. The van der Waals surface area contributed by atoms with E-state index < -0.39 is 0 Å². The summed E-state index contributed by atoms with van der Waals surface area (Å²) >= 11 is 0. The van der Waals surface area contributed by atoms with Crippen LogP contribution in [0.25, 0.3) is 0 Å². The molecule has 1 fully saturated rings. The predicted octanol–water partition coefficient (Wildman–Crippen LogP) is 2.53. The third-order valence-electron chi connectivity index (χ3n) is 5.45. The molecule has 1 heterocycles. The first kappa shape index (κ1) is 23.7. The minimum atomic E-state index is -0.0218. The van der Waals surface area contributed by atoms with Crippen LogP contribution in [-0.4, -0.2) is 55.9 Å². The molecule has 0 atom stereocenters. The highest BCUT2D eigenvalue weighted by atomic mass is 16.2. The minimum absolute atomic E-state index is 0.0218. The van der Waals surface area contributed by atoms with E-state index in [0.29, 0.717) is 31.0 Å². The van der Waals surface area contributed by atoms with Crippen molar-refractivity contribution < 1.29 is 9.59 Å². The van der Waals surface area contributed by atoms with E-state index in [0.717, 1.165) is 56.8 Å². The topological polar surface area (TPSA) is 85.8 Å². The van der Waals surface area contributed by atoms with Crippen molar-refractivity contribution in [1.82, 2.24) is 20.9 Å². The molecule has 0 aliphatic carbocycles. The Kier molecular flexibility index (Phi) is 10.2. The smallest absolute Gasteiger partial charge is 0.251 e. The summed E-state index contributed by atoms with van der Waals surface area (Å²) in [4.78, 5) is 30.8. The molecule has 0 bridgehead atoms. The Balaban J connectivity index is 1.90. The molecular weight excluding hydrogens is 378 g/mol. The minimum Gasteiger partial charge on any atom is -0.359 e. The fourth-order valence-electron chi connectivity index (χ4n) is 3.55. The number of amides is 2. The van der Waals surface area contributed by atoms with Gasteiger partial charge in [0.2, 0.25) is 5.91 Å². The molecule has 0 spiro atoms. The summed E-state index contributed by atoms with van der Waals surface area (Å²) < 4.78 is 0. The highest BCUT2D eigenvalue weighted by Gasteiger charge is 2.23. The number of rotatable bonds is 9. The van der Waals surface area contributed by atoms with Gasteiger partial charge in [-0.05, 0) is 49.8 Å². The summed E-state index contributed by atoms with van der Waals surface area (Å²) in [5.74, 6) is 1.46. The highest BCUT2D eigenvalue weighted by molar-refractivity contribution is 5.94. The highest BCUT2D eigenvalue weighted by Crippen LogP contribution is 2.20. The Morgan fingerprint density at radius 2 is 1.80 bits per heavy atom. The standard InChI is InChI=1S/C23H37N5O2/c1-4-6-13-26-22(30)20-9-7-19(8-10-20)17-27-23(25-5-2)28-14-11-18(12-15-28)16-21(29)24-3/h7-10,18H,4-6,11-17H2,1-3H3,(H,24,29)(H,25,27)(H,26,30). The lowest BCUT2D eigenvalue weighted by Gasteiger charge is -2.34. The molecule has 30 heavy (non-hydrogen) atoms. The maximum Gasteiger partial charge on any atom is 0.251 e. The van der Waals surface area contributed by atoms with Crippen molar-refractivity contribution in [3.8, 4) is 0 Å². The molecule has 1 aliphatic heterocycles. The van der Waals surface area contributed by atoms with Crippen LogP contribution in [0.15, 0.2) is 29.3 Å². The molecule has 0 aromatic heterocycles. The van der Waals surface area contributed by atoms with Crippen molar-refractivity contribution >= 4 is 17.8 Å². The number of unbranched alkanes of at least 4 members (excludes halogenated alkanes) is 1. The number of benzene rings is 1. The normalized spacial score (nSPS) is 15.0. The number of piperidine rings is 1. The Morgan fingerprint density at radius 1 is 1.10 bits per heavy atom. The molecule has 7 nitrogen and oxygen atoms in total.